The van der Waals surface area contributed by atoms with E-state index in [-0.39, 0.29) is 6.03 Å². The SMILES string of the molecule is CN1CCN(c2cnn(C3CCN(Cc4cncn4C4CC4)C3)c2)C1=O. The zero-order valence-corrected chi connectivity index (χ0v) is 15.2. The van der Waals surface area contributed by atoms with Gasteiger partial charge in [0.05, 0.1) is 29.9 Å². The van der Waals surface area contributed by atoms with E-state index in [0.717, 1.165) is 44.8 Å². The van der Waals surface area contributed by atoms with Gasteiger partial charge in [0.15, 0.2) is 0 Å². The number of anilines is 1. The lowest BCUT2D eigenvalue weighted by Gasteiger charge is -2.17. The second-order valence-corrected chi connectivity index (χ2v) is 7.74. The second kappa shape index (κ2) is 6.12. The van der Waals surface area contributed by atoms with Gasteiger partial charge in [0.25, 0.3) is 0 Å². The van der Waals surface area contributed by atoms with Crippen molar-refractivity contribution in [1.29, 1.82) is 0 Å². The molecule has 8 heteroatoms. The molecule has 1 unspecified atom stereocenters. The van der Waals surface area contributed by atoms with E-state index in [2.05, 4.69) is 19.5 Å². The zero-order chi connectivity index (χ0) is 17.7. The number of hydrogen-bond acceptors (Lipinski definition) is 4. The highest BCUT2D eigenvalue weighted by atomic mass is 16.2. The quantitative estimate of drug-likeness (QED) is 0.820. The lowest BCUT2D eigenvalue weighted by Crippen LogP contribution is -2.28. The molecule has 2 aromatic rings. The van der Waals surface area contributed by atoms with Crippen LogP contribution in [0, 0.1) is 0 Å². The summed E-state index contributed by atoms with van der Waals surface area (Å²) >= 11 is 0. The third-order valence-corrected chi connectivity index (χ3v) is 5.81. The molecule has 0 spiro atoms. The van der Waals surface area contributed by atoms with Crippen LogP contribution in [0.25, 0.3) is 0 Å². The van der Waals surface area contributed by atoms with E-state index in [4.69, 9.17) is 0 Å². The molecule has 0 N–H and O–H groups in total. The predicted octanol–water partition coefficient (Wildman–Crippen LogP) is 1.73. The van der Waals surface area contributed by atoms with Crippen LogP contribution in [-0.4, -0.2) is 68.4 Å². The van der Waals surface area contributed by atoms with Gasteiger partial charge in [-0.1, -0.05) is 0 Å². The highest BCUT2D eigenvalue weighted by Crippen LogP contribution is 2.36. The summed E-state index contributed by atoms with van der Waals surface area (Å²) in [7, 11) is 1.84. The molecular formula is C18H25N7O. The number of urea groups is 1. The van der Waals surface area contributed by atoms with Gasteiger partial charge in [-0.25, -0.2) is 9.78 Å². The molecule has 2 amide bonds. The van der Waals surface area contributed by atoms with Crippen LogP contribution in [0.15, 0.2) is 24.9 Å². The Labute approximate surface area is 153 Å². The fraction of sp³-hybridized carbons (Fsp3) is 0.611. The first kappa shape index (κ1) is 15.9. The second-order valence-electron chi connectivity index (χ2n) is 7.74. The number of aromatic nitrogens is 4. The molecule has 138 valence electrons. The van der Waals surface area contributed by atoms with Gasteiger partial charge in [0, 0.05) is 58.2 Å². The van der Waals surface area contributed by atoms with Gasteiger partial charge in [-0.15, -0.1) is 0 Å². The predicted molar refractivity (Wildman–Crippen MR) is 97.0 cm³/mol. The minimum Gasteiger partial charge on any atom is -0.330 e. The normalized spacial score (nSPS) is 24.2. The summed E-state index contributed by atoms with van der Waals surface area (Å²) in [5.41, 5.74) is 2.23. The van der Waals surface area contributed by atoms with Crippen LogP contribution >= 0.6 is 0 Å². The van der Waals surface area contributed by atoms with Gasteiger partial charge >= 0.3 is 6.03 Å². The molecule has 1 aliphatic carbocycles. The molecule has 3 fully saturated rings. The number of carbonyl (C=O) groups is 1. The Bertz CT molecular complexity index is 808. The Balaban J connectivity index is 1.24. The number of rotatable bonds is 5. The van der Waals surface area contributed by atoms with Crippen LogP contribution in [0.4, 0.5) is 10.5 Å². The topological polar surface area (TPSA) is 62.4 Å². The van der Waals surface area contributed by atoms with Crippen molar-refractivity contribution >= 4 is 11.7 Å². The molecular weight excluding hydrogens is 330 g/mol. The third kappa shape index (κ3) is 2.78. The molecule has 2 saturated heterocycles. The maximum atomic E-state index is 12.2. The summed E-state index contributed by atoms with van der Waals surface area (Å²) in [5.74, 6) is 0. The van der Waals surface area contributed by atoms with Crippen molar-refractivity contribution in [2.24, 2.45) is 0 Å². The number of likely N-dealkylation sites (tertiary alicyclic amines) is 1. The van der Waals surface area contributed by atoms with Gasteiger partial charge in [-0.3, -0.25) is 14.5 Å². The molecule has 5 rings (SSSR count). The average Bonchev–Trinajstić information content (AvgIpc) is 3.04. The number of likely N-dealkylation sites (N-methyl/N-ethyl adjacent to an activating group) is 1. The maximum absolute atomic E-state index is 12.2. The van der Waals surface area contributed by atoms with E-state index in [1.165, 1.54) is 18.5 Å². The Morgan fingerprint density at radius 1 is 1.12 bits per heavy atom. The Kier molecular flexibility index (Phi) is 3.74. The van der Waals surface area contributed by atoms with Gasteiger partial charge < -0.3 is 9.47 Å². The van der Waals surface area contributed by atoms with Crippen molar-refractivity contribution < 1.29 is 4.79 Å². The highest BCUT2D eigenvalue weighted by Gasteiger charge is 2.31. The molecule has 1 saturated carbocycles. The van der Waals surface area contributed by atoms with Crippen molar-refractivity contribution in [2.45, 2.75) is 37.9 Å². The summed E-state index contributed by atoms with van der Waals surface area (Å²) in [6.45, 7) is 4.53. The van der Waals surface area contributed by atoms with Crippen molar-refractivity contribution in [1.82, 2.24) is 29.1 Å². The minimum atomic E-state index is 0.0611. The third-order valence-electron chi connectivity index (χ3n) is 5.81. The van der Waals surface area contributed by atoms with Crippen molar-refractivity contribution in [3.05, 3.63) is 30.6 Å². The first-order valence-corrected chi connectivity index (χ1v) is 9.49. The van der Waals surface area contributed by atoms with Crippen molar-refractivity contribution in [3.63, 3.8) is 0 Å². The zero-order valence-electron chi connectivity index (χ0n) is 15.2. The minimum absolute atomic E-state index is 0.0611. The fourth-order valence-corrected chi connectivity index (χ4v) is 4.09. The smallest absolute Gasteiger partial charge is 0.324 e. The molecule has 26 heavy (non-hydrogen) atoms. The molecule has 1 atom stereocenters. The highest BCUT2D eigenvalue weighted by molar-refractivity contribution is 5.93. The molecule has 0 bridgehead atoms. The number of imidazole rings is 1. The lowest BCUT2D eigenvalue weighted by molar-refractivity contribution is 0.229. The molecule has 2 aliphatic heterocycles. The van der Waals surface area contributed by atoms with Crippen LogP contribution in [-0.2, 0) is 6.54 Å². The summed E-state index contributed by atoms with van der Waals surface area (Å²) in [4.78, 5) is 22.5. The van der Waals surface area contributed by atoms with E-state index in [1.54, 1.807) is 4.90 Å². The summed E-state index contributed by atoms with van der Waals surface area (Å²) in [6.07, 6.45) is 11.5. The van der Waals surface area contributed by atoms with E-state index in [9.17, 15) is 4.79 Å². The number of hydrogen-bond donors (Lipinski definition) is 0. The van der Waals surface area contributed by atoms with Gasteiger partial charge in [-0.05, 0) is 19.3 Å². The van der Waals surface area contributed by atoms with Crippen LogP contribution in [0.1, 0.15) is 37.0 Å². The monoisotopic (exact) mass is 355 g/mol. The molecule has 2 aromatic heterocycles. The fourth-order valence-electron chi connectivity index (χ4n) is 4.09. The Morgan fingerprint density at radius 2 is 2.00 bits per heavy atom. The molecule has 0 radical (unpaired) electrons. The van der Waals surface area contributed by atoms with Crippen molar-refractivity contribution in [2.75, 3.05) is 38.1 Å². The van der Waals surface area contributed by atoms with Gasteiger partial charge in [-0.2, -0.15) is 5.10 Å². The van der Waals surface area contributed by atoms with Crippen LogP contribution in [0.3, 0.4) is 0 Å². The maximum Gasteiger partial charge on any atom is 0.324 e. The molecule has 0 aromatic carbocycles. The first-order chi connectivity index (χ1) is 12.7. The number of nitrogens with zero attached hydrogens (tertiary/aromatic N) is 7. The number of carbonyl (C=O) groups excluding carboxylic acids is 1. The first-order valence-electron chi connectivity index (χ1n) is 9.49. The van der Waals surface area contributed by atoms with Gasteiger partial charge in [0.1, 0.15) is 0 Å². The average molecular weight is 355 g/mol. The van der Waals surface area contributed by atoms with E-state index < -0.39 is 0 Å². The molecule has 3 aliphatic rings. The molecule has 4 heterocycles. The summed E-state index contributed by atoms with van der Waals surface area (Å²) < 4.78 is 4.38. The Morgan fingerprint density at radius 3 is 2.77 bits per heavy atom. The van der Waals surface area contributed by atoms with Crippen LogP contribution in [0.2, 0.25) is 0 Å². The summed E-state index contributed by atoms with van der Waals surface area (Å²) in [6, 6.07) is 1.11. The largest absolute Gasteiger partial charge is 0.330 e. The van der Waals surface area contributed by atoms with E-state index >= 15 is 0 Å². The molecule has 8 nitrogen and oxygen atoms in total. The summed E-state index contributed by atoms with van der Waals surface area (Å²) in [5, 5.41) is 4.55. The van der Waals surface area contributed by atoms with E-state index in [1.807, 2.05) is 41.5 Å². The lowest BCUT2D eigenvalue weighted by atomic mass is 10.3. The standard InChI is InChI=1S/C18H25N7O/c1-21-6-7-23(18(21)26)17-9-20-25(12-17)15-4-5-22(10-15)11-16-8-19-13-24(16)14-2-3-14/h8-9,12-15H,2-7,10-11H2,1H3. The van der Waals surface area contributed by atoms with Gasteiger partial charge in [0.2, 0.25) is 0 Å². The van der Waals surface area contributed by atoms with E-state index in [0.29, 0.717) is 12.1 Å². The van der Waals surface area contributed by atoms with Crippen LogP contribution in [0.5, 0.6) is 0 Å². The number of amides is 2. The Hall–Kier alpha value is -2.35. The van der Waals surface area contributed by atoms with Crippen LogP contribution < -0.4 is 4.90 Å². The van der Waals surface area contributed by atoms with Crippen molar-refractivity contribution in [3.8, 4) is 0 Å².